The van der Waals surface area contributed by atoms with E-state index in [0.717, 1.165) is 0 Å². The molecule has 0 aromatic rings. The van der Waals surface area contributed by atoms with Crippen molar-refractivity contribution in [3.8, 4) is 0 Å². The van der Waals surface area contributed by atoms with Gasteiger partial charge in [0, 0.05) is 11.3 Å². The van der Waals surface area contributed by atoms with Crippen LogP contribution < -0.4 is 18.9 Å². The van der Waals surface area contributed by atoms with Gasteiger partial charge in [0.1, 0.15) is 0 Å². The summed E-state index contributed by atoms with van der Waals surface area (Å²) in [4.78, 5) is 9.09. The molecule has 0 amide bonds. The summed E-state index contributed by atoms with van der Waals surface area (Å²) in [5.41, 5.74) is 0. The van der Waals surface area contributed by atoms with Crippen molar-refractivity contribution < 1.29 is 23.8 Å². The second-order valence-electron chi connectivity index (χ2n) is 1.06. The van der Waals surface area contributed by atoms with Crippen LogP contribution in [0.1, 0.15) is 13.3 Å². The molecule has 0 heterocycles. The number of nitro groups is 1. The monoisotopic (exact) mass is 96.1 g/mol. The molecular formula is C3H7LiNO2+. The first-order valence-electron chi connectivity index (χ1n) is 1.89. The molecule has 0 unspecified atom stereocenters. The van der Waals surface area contributed by atoms with Gasteiger partial charge in [-0.1, -0.05) is 6.92 Å². The Labute approximate surface area is 54.4 Å². The van der Waals surface area contributed by atoms with Gasteiger partial charge in [-0.25, -0.2) is 0 Å². The molecule has 0 N–H and O–H groups in total. The molecule has 0 aromatic carbocycles. The minimum Gasteiger partial charge on any atom is -0.265 e. The average Bonchev–Trinajstić information content (AvgIpc) is 1.35. The van der Waals surface area contributed by atoms with Crippen LogP contribution in [0.15, 0.2) is 0 Å². The fourth-order valence-corrected chi connectivity index (χ4v) is 0.183. The van der Waals surface area contributed by atoms with Crippen molar-refractivity contribution in [3.63, 3.8) is 0 Å². The number of hydrogen-bond acceptors (Lipinski definition) is 2. The van der Waals surface area contributed by atoms with Crippen LogP contribution in [0.2, 0.25) is 0 Å². The quantitative estimate of drug-likeness (QED) is 0.220. The second-order valence-corrected chi connectivity index (χ2v) is 1.06. The van der Waals surface area contributed by atoms with E-state index in [1.807, 2.05) is 0 Å². The van der Waals surface area contributed by atoms with E-state index in [0.29, 0.717) is 6.42 Å². The molecule has 0 fully saturated rings. The van der Waals surface area contributed by atoms with Crippen LogP contribution in [0.25, 0.3) is 0 Å². The average molecular weight is 96.0 g/mol. The summed E-state index contributed by atoms with van der Waals surface area (Å²) < 4.78 is 0. The predicted octanol–water partition coefficient (Wildman–Crippen LogP) is -2.32. The van der Waals surface area contributed by atoms with Gasteiger partial charge in [0.25, 0.3) is 0 Å². The number of nitrogens with zero attached hydrogens (tertiary/aromatic N) is 1. The van der Waals surface area contributed by atoms with E-state index < -0.39 is 0 Å². The molecule has 3 nitrogen and oxygen atoms in total. The van der Waals surface area contributed by atoms with E-state index in [1.54, 1.807) is 6.92 Å². The zero-order valence-electron chi connectivity index (χ0n) is 4.68. The maximum Gasteiger partial charge on any atom is 1.00 e. The van der Waals surface area contributed by atoms with E-state index >= 15 is 0 Å². The Morgan fingerprint density at radius 3 is 2.14 bits per heavy atom. The minimum absolute atomic E-state index is 0. The summed E-state index contributed by atoms with van der Waals surface area (Å²) in [6.45, 7) is 1.88. The smallest absolute Gasteiger partial charge is 0.265 e. The van der Waals surface area contributed by atoms with Gasteiger partial charge in [-0.05, 0) is 0 Å². The van der Waals surface area contributed by atoms with Crippen LogP contribution in [-0.4, -0.2) is 11.5 Å². The van der Waals surface area contributed by atoms with Gasteiger partial charge in [-0.15, -0.1) is 0 Å². The maximum atomic E-state index is 9.40. The molecule has 0 aliphatic rings. The first kappa shape index (κ1) is 10.1. The Hall–Kier alpha value is -0.00260. The van der Waals surface area contributed by atoms with Gasteiger partial charge in [0.15, 0.2) is 0 Å². The summed E-state index contributed by atoms with van der Waals surface area (Å²) in [6.07, 6.45) is 0.632. The van der Waals surface area contributed by atoms with Crippen LogP contribution in [0, 0.1) is 10.1 Å². The molecule has 0 bridgehead atoms. The van der Waals surface area contributed by atoms with Crippen molar-refractivity contribution in [3.05, 3.63) is 10.1 Å². The molecule has 0 atom stereocenters. The Kier molecular flexibility index (Phi) is 8.63. The zero-order valence-corrected chi connectivity index (χ0v) is 4.68. The summed E-state index contributed by atoms with van der Waals surface area (Å²) >= 11 is 0. The zero-order chi connectivity index (χ0) is 4.99. The van der Waals surface area contributed by atoms with Gasteiger partial charge in [0.05, 0.1) is 0 Å². The predicted molar refractivity (Wildman–Crippen MR) is 22.2 cm³/mol. The maximum absolute atomic E-state index is 9.40. The molecule has 0 saturated carbocycles. The topological polar surface area (TPSA) is 43.1 Å². The molecule has 0 rings (SSSR count). The fraction of sp³-hybridized carbons (Fsp3) is 1.00. The van der Waals surface area contributed by atoms with Crippen molar-refractivity contribution in [1.29, 1.82) is 0 Å². The molecule has 0 aromatic heterocycles. The molecule has 0 aliphatic heterocycles. The van der Waals surface area contributed by atoms with Gasteiger partial charge in [0.2, 0.25) is 6.54 Å². The minimum atomic E-state index is -0.319. The summed E-state index contributed by atoms with van der Waals surface area (Å²) in [6, 6.07) is 0. The van der Waals surface area contributed by atoms with E-state index in [2.05, 4.69) is 0 Å². The second kappa shape index (κ2) is 6.00. The largest absolute Gasteiger partial charge is 1.00 e. The van der Waals surface area contributed by atoms with Crippen molar-refractivity contribution >= 4 is 0 Å². The molecular weight excluding hydrogens is 89.0 g/mol. The van der Waals surface area contributed by atoms with Gasteiger partial charge >= 0.3 is 18.9 Å². The first-order chi connectivity index (χ1) is 2.77. The SMILES string of the molecule is CCC[N+](=O)[O-].[Li+]. The summed E-state index contributed by atoms with van der Waals surface area (Å²) in [5.74, 6) is 0. The van der Waals surface area contributed by atoms with Gasteiger partial charge in [-0.2, -0.15) is 0 Å². The third-order valence-corrected chi connectivity index (χ3v) is 0.406. The van der Waals surface area contributed by atoms with E-state index in [-0.39, 0.29) is 30.3 Å². The Bertz CT molecular complexity index is 56.9. The molecule has 36 valence electrons. The van der Waals surface area contributed by atoms with E-state index in [1.165, 1.54) is 0 Å². The number of hydrogen-bond donors (Lipinski definition) is 0. The molecule has 0 radical (unpaired) electrons. The molecule has 0 aliphatic carbocycles. The summed E-state index contributed by atoms with van der Waals surface area (Å²) in [5, 5.41) is 9.40. The van der Waals surface area contributed by atoms with Crippen LogP contribution in [0.4, 0.5) is 0 Å². The van der Waals surface area contributed by atoms with Crippen molar-refractivity contribution in [2.45, 2.75) is 13.3 Å². The van der Waals surface area contributed by atoms with Crippen molar-refractivity contribution in [2.75, 3.05) is 6.54 Å². The Morgan fingerprint density at radius 2 is 2.14 bits per heavy atom. The summed E-state index contributed by atoms with van der Waals surface area (Å²) in [7, 11) is 0. The third kappa shape index (κ3) is 10.7. The Morgan fingerprint density at radius 1 is 1.71 bits per heavy atom. The van der Waals surface area contributed by atoms with Crippen molar-refractivity contribution in [1.82, 2.24) is 0 Å². The first-order valence-corrected chi connectivity index (χ1v) is 1.89. The third-order valence-electron chi connectivity index (χ3n) is 0.406. The Balaban J connectivity index is 0. The van der Waals surface area contributed by atoms with Crippen LogP contribution >= 0.6 is 0 Å². The fourth-order valence-electron chi connectivity index (χ4n) is 0.183. The molecule has 7 heavy (non-hydrogen) atoms. The van der Waals surface area contributed by atoms with Crippen LogP contribution in [-0.2, 0) is 0 Å². The van der Waals surface area contributed by atoms with Gasteiger partial charge < -0.3 is 0 Å². The van der Waals surface area contributed by atoms with E-state index in [9.17, 15) is 10.1 Å². The van der Waals surface area contributed by atoms with Gasteiger partial charge in [-0.3, -0.25) is 10.1 Å². The molecule has 0 saturated heterocycles. The number of rotatable bonds is 2. The normalized spacial score (nSPS) is 7.00. The molecule has 0 spiro atoms. The van der Waals surface area contributed by atoms with Crippen LogP contribution in [0.3, 0.4) is 0 Å². The standard InChI is InChI=1S/C3H7NO2.Li/c1-2-3-4(5)6;/h2-3H2,1H3;/q;+1. The van der Waals surface area contributed by atoms with E-state index in [4.69, 9.17) is 0 Å². The molecule has 4 heteroatoms. The van der Waals surface area contributed by atoms with Crippen LogP contribution in [0.5, 0.6) is 0 Å². The van der Waals surface area contributed by atoms with Crippen molar-refractivity contribution in [2.24, 2.45) is 0 Å².